The summed E-state index contributed by atoms with van der Waals surface area (Å²) < 4.78 is 4.92. The SMILES string of the molecule is c1ccc2c(c1)-c1nnoc1-2. The standard InChI is InChI=1S/C8H4N2O/c1-2-4-6-5(3-1)7-8(6)11-10-9-7/h1-4H. The van der Waals surface area contributed by atoms with Crippen LogP contribution in [0.2, 0.25) is 0 Å². The predicted molar refractivity (Wildman–Crippen MR) is 38.7 cm³/mol. The maximum atomic E-state index is 4.92. The van der Waals surface area contributed by atoms with Gasteiger partial charge in [-0.25, -0.2) is 0 Å². The number of benzene rings is 1. The summed E-state index contributed by atoms with van der Waals surface area (Å²) in [4.78, 5) is 0. The topological polar surface area (TPSA) is 38.9 Å². The Labute approximate surface area is 62.6 Å². The van der Waals surface area contributed by atoms with E-state index in [-0.39, 0.29) is 0 Å². The molecule has 11 heavy (non-hydrogen) atoms. The molecular weight excluding hydrogens is 140 g/mol. The molecule has 0 fully saturated rings. The zero-order chi connectivity index (χ0) is 7.26. The van der Waals surface area contributed by atoms with Crippen LogP contribution in [0.4, 0.5) is 0 Å². The molecule has 0 aliphatic heterocycles. The molecule has 0 bridgehead atoms. The molecule has 1 heterocycles. The molecule has 2 aromatic rings. The van der Waals surface area contributed by atoms with Crippen molar-refractivity contribution in [3.8, 4) is 22.6 Å². The minimum Gasteiger partial charge on any atom is -0.336 e. The highest BCUT2D eigenvalue weighted by atomic mass is 16.5. The average molecular weight is 144 g/mol. The van der Waals surface area contributed by atoms with Crippen LogP contribution < -0.4 is 0 Å². The molecule has 3 heteroatoms. The molecule has 3 nitrogen and oxygen atoms in total. The first-order valence-corrected chi connectivity index (χ1v) is 3.39. The minimum absolute atomic E-state index is 0.820. The molecule has 0 atom stereocenters. The van der Waals surface area contributed by atoms with E-state index in [1.54, 1.807) is 0 Å². The second-order valence-electron chi connectivity index (χ2n) is 2.50. The Morgan fingerprint density at radius 2 is 1.91 bits per heavy atom. The summed E-state index contributed by atoms with van der Waals surface area (Å²) in [7, 11) is 0. The normalized spacial score (nSPS) is 11.6. The molecule has 1 aliphatic carbocycles. The largest absolute Gasteiger partial charge is 0.336 e. The van der Waals surface area contributed by atoms with Crippen molar-refractivity contribution >= 4 is 0 Å². The summed E-state index contributed by atoms with van der Waals surface area (Å²) in [5.41, 5.74) is 3.15. The van der Waals surface area contributed by atoms with Gasteiger partial charge in [0.1, 0.15) is 5.69 Å². The first-order valence-electron chi connectivity index (χ1n) is 3.39. The average Bonchev–Trinajstić information content (AvgIpc) is 2.44. The summed E-state index contributed by atoms with van der Waals surface area (Å²) in [5.74, 6) is 0.820. The van der Waals surface area contributed by atoms with E-state index in [1.165, 1.54) is 0 Å². The van der Waals surface area contributed by atoms with Crippen molar-refractivity contribution in [2.75, 3.05) is 0 Å². The third-order valence-electron chi connectivity index (χ3n) is 1.91. The monoisotopic (exact) mass is 144 g/mol. The van der Waals surface area contributed by atoms with Crippen LogP contribution in [-0.4, -0.2) is 10.4 Å². The Kier molecular flexibility index (Phi) is 0.692. The van der Waals surface area contributed by atoms with Gasteiger partial charge in [-0.1, -0.05) is 24.3 Å². The first-order chi connectivity index (χ1) is 5.47. The second-order valence-corrected chi connectivity index (χ2v) is 2.50. The molecule has 0 radical (unpaired) electrons. The molecule has 0 N–H and O–H groups in total. The van der Waals surface area contributed by atoms with E-state index in [1.807, 2.05) is 24.3 Å². The Morgan fingerprint density at radius 1 is 1.09 bits per heavy atom. The lowest BCUT2D eigenvalue weighted by atomic mass is 9.91. The summed E-state index contributed by atoms with van der Waals surface area (Å²) >= 11 is 0. The molecule has 0 saturated carbocycles. The zero-order valence-electron chi connectivity index (χ0n) is 5.61. The highest BCUT2D eigenvalue weighted by Gasteiger charge is 2.27. The summed E-state index contributed by atoms with van der Waals surface area (Å²) in [6, 6.07) is 7.98. The maximum absolute atomic E-state index is 4.92. The van der Waals surface area contributed by atoms with Crippen molar-refractivity contribution in [2.45, 2.75) is 0 Å². The third kappa shape index (κ3) is 0.452. The number of nitrogens with zero attached hydrogens (tertiary/aromatic N) is 2. The van der Waals surface area contributed by atoms with E-state index in [0.29, 0.717) is 0 Å². The van der Waals surface area contributed by atoms with Crippen molar-refractivity contribution in [3.63, 3.8) is 0 Å². The van der Waals surface area contributed by atoms with Gasteiger partial charge in [0.05, 0.1) is 0 Å². The lowest BCUT2D eigenvalue weighted by Gasteiger charge is -2.12. The van der Waals surface area contributed by atoms with Crippen molar-refractivity contribution < 1.29 is 4.52 Å². The van der Waals surface area contributed by atoms with Gasteiger partial charge in [-0.15, -0.1) is 5.10 Å². The Morgan fingerprint density at radius 3 is 2.82 bits per heavy atom. The molecule has 1 aromatic heterocycles. The van der Waals surface area contributed by atoms with Crippen LogP contribution in [0.5, 0.6) is 0 Å². The van der Waals surface area contributed by atoms with Crippen LogP contribution in [0.1, 0.15) is 0 Å². The summed E-state index contributed by atoms with van der Waals surface area (Å²) in [6.07, 6.45) is 0. The summed E-state index contributed by atoms with van der Waals surface area (Å²) in [6.45, 7) is 0. The van der Waals surface area contributed by atoms with Gasteiger partial charge in [-0.05, 0) is 0 Å². The van der Waals surface area contributed by atoms with E-state index >= 15 is 0 Å². The number of rotatable bonds is 0. The van der Waals surface area contributed by atoms with Gasteiger partial charge in [0, 0.05) is 16.4 Å². The van der Waals surface area contributed by atoms with E-state index in [9.17, 15) is 0 Å². The number of aromatic nitrogens is 2. The lowest BCUT2D eigenvalue weighted by Crippen LogP contribution is -1.94. The highest BCUT2D eigenvalue weighted by Crippen LogP contribution is 2.44. The molecule has 52 valence electrons. The van der Waals surface area contributed by atoms with Crippen LogP contribution in [0, 0.1) is 0 Å². The van der Waals surface area contributed by atoms with Crippen LogP contribution in [-0.2, 0) is 0 Å². The van der Waals surface area contributed by atoms with Crippen LogP contribution in [0.15, 0.2) is 28.8 Å². The van der Waals surface area contributed by atoms with Gasteiger partial charge >= 0.3 is 0 Å². The fraction of sp³-hybridized carbons (Fsp3) is 0. The van der Waals surface area contributed by atoms with Gasteiger partial charge in [0.15, 0.2) is 5.76 Å². The molecule has 1 aliphatic rings. The molecule has 0 spiro atoms. The van der Waals surface area contributed by atoms with Crippen molar-refractivity contribution in [1.82, 2.24) is 10.4 Å². The van der Waals surface area contributed by atoms with E-state index in [0.717, 1.165) is 22.6 Å². The van der Waals surface area contributed by atoms with Gasteiger partial charge in [-0.3, -0.25) is 0 Å². The second kappa shape index (κ2) is 1.50. The highest BCUT2D eigenvalue weighted by molar-refractivity contribution is 5.96. The molecule has 0 saturated heterocycles. The fourth-order valence-corrected chi connectivity index (χ4v) is 1.37. The van der Waals surface area contributed by atoms with Crippen molar-refractivity contribution in [3.05, 3.63) is 24.3 Å². The smallest absolute Gasteiger partial charge is 0.196 e. The van der Waals surface area contributed by atoms with Gasteiger partial charge in [0.25, 0.3) is 0 Å². The van der Waals surface area contributed by atoms with Gasteiger partial charge in [-0.2, -0.15) is 0 Å². The minimum atomic E-state index is 0.820. The van der Waals surface area contributed by atoms with E-state index in [4.69, 9.17) is 4.52 Å². The molecule has 0 unspecified atom stereocenters. The quantitative estimate of drug-likeness (QED) is 0.482. The Balaban J connectivity index is 2.38. The van der Waals surface area contributed by atoms with Crippen LogP contribution in [0.25, 0.3) is 22.6 Å². The van der Waals surface area contributed by atoms with E-state index in [2.05, 4.69) is 10.4 Å². The van der Waals surface area contributed by atoms with Crippen LogP contribution >= 0.6 is 0 Å². The van der Waals surface area contributed by atoms with Crippen molar-refractivity contribution in [1.29, 1.82) is 0 Å². The molecule has 0 amide bonds. The molecular formula is C8H4N2O. The molecule has 1 aromatic carbocycles. The summed E-state index contributed by atoms with van der Waals surface area (Å²) in [5, 5.41) is 7.30. The lowest BCUT2D eigenvalue weighted by molar-refractivity contribution is 0.404. The third-order valence-corrected chi connectivity index (χ3v) is 1.91. The number of hydrogen-bond acceptors (Lipinski definition) is 3. The fourth-order valence-electron chi connectivity index (χ4n) is 1.37. The Hall–Kier alpha value is -1.64. The maximum Gasteiger partial charge on any atom is 0.196 e. The van der Waals surface area contributed by atoms with Crippen molar-refractivity contribution in [2.24, 2.45) is 0 Å². The predicted octanol–water partition coefficient (Wildman–Crippen LogP) is 1.72. The van der Waals surface area contributed by atoms with Gasteiger partial charge < -0.3 is 4.52 Å². The number of fused-ring (bicyclic) bond motifs is 4. The Bertz CT molecular complexity index is 382. The molecule has 3 rings (SSSR count). The zero-order valence-corrected chi connectivity index (χ0v) is 5.61. The first kappa shape index (κ1) is 5.07. The van der Waals surface area contributed by atoms with Gasteiger partial charge in [0.2, 0.25) is 0 Å². The number of hydrogen-bond donors (Lipinski definition) is 0. The van der Waals surface area contributed by atoms with Crippen LogP contribution in [0.3, 0.4) is 0 Å². The van der Waals surface area contributed by atoms with E-state index < -0.39 is 0 Å².